The topological polar surface area (TPSA) is 66.8 Å². The van der Waals surface area contributed by atoms with Crippen LogP contribution in [0.3, 0.4) is 0 Å². The predicted octanol–water partition coefficient (Wildman–Crippen LogP) is 2.69. The van der Waals surface area contributed by atoms with Crippen LogP contribution >= 0.6 is 0 Å². The summed E-state index contributed by atoms with van der Waals surface area (Å²) in [7, 11) is 0. The Morgan fingerprint density at radius 3 is 2.48 bits per heavy atom. The van der Waals surface area contributed by atoms with Gasteiger partial charge in [-0.25, -0.2) is 0 Å². The van der Waals surface area contributed by atoms with Crippen LogP contribution in [0.4, 0.5) is 0 Å². The third-order valence-electron chi connectivity index (χ3n) is 3.23. The van der Waals surface area contributed by atoms with E-state index in [0.29, 0.717) is 5.75 Å². The number of carbonyl (C=O) groups is 1. The maximum atomic E-state index is 10.9. The van der Waals surface area contributed by atoms with Crippen LogP contribution in [0, 0.1) is 6.92 Å². The second-order valence-electron chi connectivity index (χ2n) is 4.90. The third-order valence-corrected chi connectivity index (χ3v) is 3.23. The lowest BCUT2D eigenvalue weighted by Crippen LogP contribution is -2.06. The van der Waals surface area contributed by atoms with E-state index >= 15 is 0 Å². The first-order valence-electron chi connectivity index (χ1n) is 6.72. The first kappa shape index (κ1) is 15.1. The molecule has 0 aliphatic rings. The van der Waals surface area contributed by atoms with Crippen LogP contribution in [-0.2, 0) is 24.4 Å². The molecule has 4 heteroatoms. The maximum absolute atomic E-state index is 10.9. The van der Waals surface area contributed by atoms with E-state index in [0.717, 1.165) is 22.3 Å². The lowest BCUT2D eigenvalue weighted by atomic mass is 10.1. The first-order valence-corrected chi connectivity index (χ1v) is 6.72. The number of aryl methyl sites for hydroxylation is 1. The van der Waals surface area contributed by atoms with Gasteiger partial charge in [-0.15, -0.1) is 0 Å². The molecule has 0 aromatic heterocycles. The van der Waals surface area contributed by atoms with Gasteiger partial charge in [0.05, 0.1) is 13.0 Å². The molecule has 2 aromatic carbocycles. The molecule has 0 atom stereocenters. The number of hydrogen-bond donors (Lipinski definition) is 2. The molecular weight excluding hydrogens is 268 g/mol. The lowest BCUT2D eigenvalue weighted by molar-refractivity contribution is -0.136. The van der Waals surface area contributed by atoms with Gasteiger partial charge in [0.2, 0.25) is 0 Å². The Kier molecular flexibility index (Phi) is 4.95. The van der Waals surface area contributed by atoms with Crippen LogP contribution in [0.25, 0.3) is 0 Å². The summed E-state index contributed by atoms with van der Waals surface area (Å²) in [6, 6.07) is 12.9. The first-order chi connectivity index (χ1) is 10.1. The molecule has 0 aliphatic carbocycles. The highest BCUT2D eigenvalue weighted by Crippen LogP contribution is 2.22. The van der Waals surface area contributed by atoms with Crippen LogP contribution in [0.1, 0.15) is 22.3 Å². The summed E-state index contributed by atoms with van der Waals surface area (Å²) < 4.78 is 5.74. The lowest BCUT2D eigenvalue weighted by Gasteiger charge is -2.13. The van der Waals surface area contributed by atoms with Crippen molar-refractivity contribution in [3.63, 3.8) is 0 Å². The molecule has 4 nitrogen and oxygen atoms in total. The number of carboxylic acids is 1. The molecule has 0 saturated heterocycles. The Hall–Kier alpha value is -2.33. The van der Waals surface area contributed by atoms with Crippen molar-refractivity contribution in [3.05, 3.63) is 64.7 Å². The largest absolute Gasteiger partial charge is 0.489 e. The SMILES string of the molecule is Cc1ccc(OCc2ccccc2CC(=O)O)c(CO)c1. The summed E-state index contributed by atoms with van der Waals surface area (Å²) in [5, 5.41) is 18.3. The minimum Gasteiger partial charge on any atom is -0.489 e. The molecule has 0 saturated carbocycles. The van der Waals surface area contributed by atoms with E-state index in [1.165, 1.54) is 0 Å². The van der Waals surface area contributed by atoms with Crippen molar-refractivity contribution in [2.75, 3.05) is 0 Å². The van der Waals surface area contributed by atoms with Gasteiger partial charge in [-0.3, -0.25) is 4.79 Å². The van der Waals surface area contributed by atoms with Crippen molar-refractivity contribution in [1.29, 1.82) is 0 Å². The van der Waals surface area contributed by atoms with E-state index in [1.807, 2.05) is 43.3 Å². The van der Waals surface area contributed by atoms with Gasteiger partial charge in [0.15, 0.2) is 0 Å². The van der Waals surface area contributed by atoms with Gasteiger partial charge in [-0.05, 0) is 24.1 Å². The number of benzene rings is 2. The predicted molar refractivity (Wildman–Crippen MR) is 79.2 cm³/mol. The Bertz CT molecular complexity index is 634. The smallest absolute Gasteiger partial charge is 0.307 e. The van der Waals surface area contributed by atoms with Gasteiger partial charge in [0, 0.05) is 5.56 Å². The van der Waals surface area contributed by atoms with Crippen LogP contribution in [0.2, 0.25) is 0 Å². The molecule has 2 N–H and O–H groups in total. The number of aliphatic hydroxyl groups excluding tert-OH is 1. The summed E-state index contributed by atoms with van der Waals surface area (Å²) in [4.78, 5) is 10.9. The van der Waals surface area contributed by atoms with E-state index in [1.54, 1.807) is 6.07 Å². The van der Waals surface area contributed by atoms with Crippen LogP contribution in [-0.4, -0.2) is 16.2 Å². The molecule has 2 rings (SSSR count). The van der Waals surface area contributed by atoms with Crippen LogP contribution in [0.15, 0.2) is 42.5 Å². The molecule has 0 aliphatic heterocycles. The van der Waals surface area contributed by atoms with E-state index < -0.39 is 5.97 Å². The minimum absolute atomic E-state index is 0.0275. The number of hydrogen-bond acceptors (Lipinski definition) is 3. The number of ether oxygens (including phenoxy) is 1. The highest BCUT2D eigenvalue weighted by molar-refractivity contribution is 5.70. The van der Waals surface area contributed by atoms with E-state index in [2.05, 4.69) is 0 Å². The maximum Gasteiger partial charge on any atom is 0.307 e. The van der Waals surface area contributed by atoms with Gasteiger partial charge in [0.1, 0.15) is 12.4 Å². The monoisotopic (exact) mass is 286 g/mol. The average molecular weight is 286 g/mol. The molecule has 0 fully saturated rings. The molecule has 0 heterocycles. The zero-order chi connectivity index (χ0) is 15.2. The highest BCUT2D eigenvalue weighted by Gasteiger charge is 2.08. The van der Waals surface area contributed by atoms with E-state index in [-0.39, 0.29) is 19.6 Å². The van der Waals surface area contributed by atoms with Gasteiger partial charge < -0.3 is 14.9 Å². The fraction of sp³-hybridized carbons (Fsp3) is 0.235. The van der Waals surface area contributed by atoms with Crippen LogP contribution < -0.4 is 4.74 Å². The fourth-order valence-corrected chi connectivity index (χ4v) is 2.16. The average Bonchev–Trinajstić information content (AvgIpc) is 2.46. The van der Waals surface area contributed by atoms with Crippen molar-refractivity contribution >= 4 is 5.97 Å². The zero-order valence-electron chi connectivity index (χ0n) is 11.9. The summed E-state index contributed by atoms with van der Waals surface area (Å²) in [6.45, 7) is 2.14. The van der Waals surface area contributed by atoms with E-state index in [9.17, 15) is 9.90 Å². The fourth-order valence-electron chi connectivity index (χ4n) is 2.16. The number of rotatable bonds is 6. The van der Waals surface area contributed by atoms with Crippen molar-refractivity contribution in [3.8, 4) is 5.75 Å². The van der Waals surface area contributed by atoms with Gasteiger partial charge in [0.25, 0.3) is 0 Å². The van der Waals surface area contributed by atoms with Crippen molar-refractivity contribution in [2.24, 2.45) is 0 Å². The second-order valence-corrected chi connectivity index (χ2v) is 4.90. The molecule has 2 aromatic rings. The Morgan fingerprint density at radius 2 is 1.81 bits per heavy atom. The van der Waals surface area contributed by atoms with Crippen molar-refractivity contribution in [1.82, 2.24) is 0 Å². The second kappa shape index (κ2) is 6.90. The number of aliphatic hydroxyl groups is 1. The molecule has 0 radical (unpaired) electrons. The Balaban J connectivity index is 2.15. The zero-order valence-corrected chi connectivity index (χ0v) is 11.9. The molecule has 0 spiro atoms. The van der Waals surface area contributed by atoms with Crippen LogP contribution in [0.5, 0.6) is 5.75 Å². The third kappa shape index (κ3) is 4.07. The van der Waals surface area contributed by atoms with Crippen molar-refractivity contribution in [2.45, 2.75) is 26.6 Å². The van der Waals surface area contributed by atoms with E-state index in [4.69, 9.17) is 9.84 Å². The van der Waals surface area contributed by atoms with Gasteiger partial charge in [-0.2, -0.15) is 0 Å². The molecule has 110 valence electrons. The molecular formula is C17H18O4. The normalized spacial score (nSPS) is 10.4. The quantitative estimate of drug-likeness (QED) is 0.857. The Morgan fingerprint density at radius 1 is 1.10 bits per heavy atom. The standard InChI is InChI=1S/C17H18O4/c1-12-6-7-16(15(8-12)10-18)21-11-14-5-3-2-4-13(14)9-17(19)20/h2-8,18H,9-11H2,1H3,(H,19,20). The Labute approximate surface area is 123 Å². The minimum atomic E-state index is -0.867. The molecule has 0 amide bonds. The molecule has 0 unspecified atom stereocenters. The summed E-state index contributed by atoms with van der Waals surface area (Å²) in [6.07, 6.45) is -0.0275. The summed E-state index contributed by atoms with van der Waals surface area (Å²) in [5.41, 5.74) is 3.36. The number of carboxylic acid groups (broad SMARTS) is 1. The van der Waals surface area contributed by atoms with Gasteiger partial charge >= 0.3 is 5.97 Å². The van der Waals surface area contributed by atoms with Crippen molar-refractivity contribution < 1.29 is 19.7 Å². The van der Waals surface area contributed by atoms with Gasteiger partial charge in [-0.1, -0.05) is 42.0 Å². The summed E-state index contributed by atoms with van der Waals surface area (Å²) >= 11 is 0. The number of aliphatic carboxylic acids is 1. The highest BCUT2D eigenvalue weighted by atomic mass is 16.5. The summed E-state index contributed by atoms with van der Waals surface area (Å²) in [5.74, 6) is -0.248. The molecule has 21 heavy (non-hydrogen) atoms. The molecule has 0 bridgehead atoms.